The first-order valence-corrected chi connectivity index (χ1v) is 9.65. The number of hydrogen-bond acceptors (Lipinski definition) is 3. The zero-order valence-electron chi connectivity index (χ0n) is 14.1. The minimum atomic E-state index is 0.236. The van der Waals surface area contributed by atoms with Crippen LogP contribution in [0.25, 0.3) is 0 Å². The summed E-state index contributed by atoms with van der Waals surface area (Å²) in [6.45, 7) is 3.17. The first-order valence-electron chi connectivity index (χ1n) is 8.85. The van der Waals surface area contributed by atoms with Gasteiger partial charge >= 0.3 is 0 Å². The van der Waals surface area contributed by atoms with Crippen LogP contribution in [0.3, 0.4) is 0 Å². The third-order valence-electron chi connectivity index (χ3n) is 5.40. The van der Waals surface area contributed by atoms with E-state index >= 15 is 0 Å². The molecule has 1 heterocycles. The van der Waals surface area contributed by atoms with E-state index in [2.05, 4.69) is 57.2 Å². The van der Waals surface area contributed by atoms with Crippen molar-refractivity contribution in [1.82, 2.24) is 4.90 Å². The fraction of sp³-hybridized carbons (Fsp3) is 0.381. The van der Waals surface area contributed by atoms with Crippen LogP contribution in [0.2, 0.25) is 0 Å². The Morgan fingerprint density at radius 2 is 1.80 bits per heavy atom. The zero-order chi connectivity index (χ0) is 17.2. The van der Waals surface area contributed by atoms with E-state index in [9.17, 15) is 5.26 Å². The lowest BCUT2D eigenvalue weighted by Gasteiger charge is -2.38. The summed E-state index contributed by atoms with van der Waals surface area (Å²) in [5, 5.41) is 9.37. The minimum absolute atomic E-state index is 0.236. The molecule has 3 nitrogen and oxygen atoms in total. The molecule has 2 atom stereocenters. The van der Waals surface area contributed by atoms with E-state index in [1.165, 1.54) is 18.4 Å². The molecular weight excluding hydrogens is 376 g/mol. The molecule has 0 radical (unpaired) electrons. The van der Waals surface area contributed by atoms with Crippen LogP contribution in [0.1, 0.15) is 24.0 Å². The highest BCUT2D eigenvalue weighted by molar-refractivity contribution is 9.10. The molecule has 1 saturated heterocycles. The molecule has 1 saturated carbocycles. The Labute approximate surface area is 157 Å². The average Bonchev–Trinajstić information content (AvgIpc) is 2.86. The number of likely N-dealkylation sites (tertiary alicyclic amines) is 1. The lowest BCUT2D eigenvalue weighted by molar-refractivity contribution is 0.0307. The molecule has 2 bridgehead atoms. The van der Waals surface area contributed by atoms with E-state index in [1.807, 2.05) is 18.2 Å². The molecule has 0 amide bonds. The zero-order valence-corrected chi connectivity index (χ0v) is 15.7. The Balaban J connectivity index is 1.45. The van der Waals surface area contributed by atoms with Crippen molar-refractivity contribution in [3.05, 3.63) is 64.1 Å². The van der Waals surface area contributed by atoms with Gasteiger partial charge in [-0.3, -0.25) is 4.90 Å². The SMILES string of the molecule is N#Cc1cc(Br)ccc1OC1C2CCC1CN(Cc1ccccc1)C2. The molecule has 2 aromatic rings. The molecule has 4 rings (SSSR count). The summed E-state index contributed by atoms with van der Waals surface area (Å²) >= 11 is 3.42. The van der Waals surface area contributed by atoms with E-state index < -0.39 is 0 Å². The summed E-state index contributed by atoms with van der Waals surface area (Å²) in [7, 11) is 0. The monoisotopic (exact) mass is 396 g/mol. The second kappa shape index (κ2) is 7.19. The number of rotatable bonds is 4. The van der Waals surface area contributed by atoms with Crippen molar-refractivity contribution >= 4 is 15.9 Å². The number of nitrogens with zero attached hydrogens (tertiary/aromatic N) is 2. The van der Waals surface area contributed by atoms with Crippen molar-refractivity contribution in [3.8, 4) is 11.8 Å². The second-order valence-electron chi connectivity index (χ2n) is 7.11. The van der Waals surface area contributed by atoms with Crippen LogP contribution >= 0.6 is 15.9 Å². The number of piperidine rings is 1. The third-order valence-corrected chi connectivity index (χ3v) is 5.89. The normalized spacial score (nSPS) is 25.5. The summed E-state index contributed by atoms with van der Waals surface area (Å²) in [4.78, 5) is 2.56. The third kappa shape index (κ3) is 3.58. The van der Waals surface area contributed by atoms with Gasteiger partial charge in [-0.2, -0.15) is 5.26 Å². The topological polar surface area (TPSA) is 36.3 Å². The summed E-state index contributed by atoms with van der Waals surface area (Å²) in [5.74, 6) is 1.83. The first kappa shape index (κ1) is 16.6. The van der Waals surface area contributed by atoms with Crippen LogP contribution in [0.15, 0.2) is 53.0 Å². The van der Waals surface area contributed by atoms with Gasteiger partial charge in [-0.1, -0.05) is 46.3 Å². The number of nitriles is 1. The van der Waals surface area contributed by atoms with Crippen LogP contribution in [-0.2, 0) is 6.54 Å². The van der Waals surface area contributed by atoms with Crippen molar-refractivity contribution in [2.75, 3.05) is 13.1 Å². The van der Waals surface area contributed by atoms with Gasteiger partial charge in [-0.15, -0.1) is 0 Å². The number of halogens is 1. The average molecular weight is 397 g/mol. The molecular formula is C21H21BrN2O. The second-order valence-corrected chi connectivity index (χ2v) is 8.03. The number of benzene rings is 2. The standard InChI is InChI=1S/C21H21BrN2O/c22-19-8-9-20(18(10-19)11-23)25-21-16-6-7-17(21)14-24(13-16)12-15-4-2-1-3-5-15/h1-5,8-10,16-17,21H,6-7,12-14H2. The Morgan fingerprint density at radius 1 is 1.08 bits per heavy atom. The summed E-state index contributed by atoms with van der Waals surface area (Å²) in [6, 6.07) is 18.6. The van der Waals surface area contributed by atoms with Gasteiger partial charge in [0.15, 0.2) is 0 Å². The Kier molecular flexibility index (Phi) is 4.78. The first-order chi connectivity index (χ1) is 12.2. The van der Waals surface area contributed by atoms with Crippen LogP contribution < -0.4 is 4.74 Å². The molecule has 128 valence electrons. The molecule has 2 aliphatic rings. The fourth-order valence-electron chi connectivity index (χ4n) is 4.27. The smallest absolute Gasteiger partial charge is 0.137 e. The molecule has 25 heavy (non-hydrogen) atoms. The van der Waals surface area contributed by atoms with Gasteiger partial charge in [-0.05, 0) is 36.6 Å². The molecule has 1 aliphatic carbocycles. The van der Waals surface area contributed by atoms with Gasteiger partial charge in [0.25, 0.3) is 0 Å². The molecule has 0 N–H and O–H groups in total. The van der Waals surface area contributed by atoms with Crippen LogP contribution in [0, 0.1) is 23.2 Å². The van der Waals surface area contributed by atoms with Crippen LogP contribution in [0.5, 0.6) is 5.75 Å². The molecule has 0 aromatic heterocycles. The van der Waals surface area contributed by atoms with Crippen molar-refractivity contribution in [3.63, 3.8) is 0 Å². The highest BCUT2D eigenvalue weighted by Gasteiger charge is 2.43. The maximum atomic E-state index is 9.37. The molecule has 2 unspecified atom stereocenters. The quantitative estimate of drug-likeness (QED) is 0.756. The lowest BCUT2D eigenvalue weighted by Crippen LogP contribution is -2.46. The van der Waals surface area contributed by atoms with Crippen molar-refractivity contribution in [2.45, 2.75) is 25.5 Å². The summed E-state index contributed by atoms with van der Waals surface area (Å²) in [6.07, 6.45) is 2.68. The lowest BCUT2D eigenvalue weighted by atomic mass is 9.94. The van der Waals surface area contributed by atoms with Gasteiger partial charge in [0.05, 0.1) is 5.56 Å². The predicted molar refractivity (Wildman–Crippen MR) is 101 cm³/mol. The Bertz CT molecular complexity index is 772. The summed E-state index contributed by atoms with van der Waals surface area (Å²) < 4.78 is 7.26. The molecule has 4 heteroatoms. The maximum absolute atomic E-state index is 9.37. The van der Waals surface area contributed by atoms with Crippen LogP contribution in [-0.4, -0.2) is 24.1 Å². The van der Waals surface area contributed by atoms with E-state index in [0.717, 1.165) is 29.9 Å². The fourth-order valence-corrected chi connectivity index (χ4v) is 4.63. The Morgan fingerprint density at radius 3 is 2.48 bits per heavy atom. The summed E-state index contributed by atoms with van der Waals surface area (Å²) in [5.41, 5.74) is 1.99. The molecule has 2 aromatic carbocycles. The molecule has 1 aliphatic heterocycles. The van der Waals surface area contributed by atoms with E-state index in [0.29, 0.717) is 17.4 Å². The van der Waals surface area contributed by atoms with Gasteiger partial charge in [-0.25, -0.2) is 0 Å². The maximum Gasteiger partial charge on any atom is 0.137 e. The van der Waals surface area contributed by atoms with E-state index in [1.54, 1.807) is 0 Å². The number of hydrogen-bond donors (Lipinski definition) is 0. The minimum Gasteiger partial charge on any atom is -0.488 e. The van der Waals surface area contributed by atoms with Gasteiger partial charge < -0.3 is 4.74 Å². The highest BCUT2D eigenvalue weighted by atomic mass is 79.9. The number of fused-ring (bicyclic) bond motifs is 2. The number of ether oxygens (including phenoxy) is 1. The molecule has 2 fully saturated rings. The van der Waals surface area contributed by atoms with Crippen molar-refractivity contribution in [1.29, 1.82) is 5.26 Å². The van der Waals surface area contributed by atoms with E-state index in [-0.39, 0.29) is 6.10 Å². The Hall–Kier alpha value is -1.83. The van der Waals surface area contributed by atoms with E-state index in [4.69, 9.17) is 4.74 Å². The molecule has 0 spiro atoms. The van der Waals surface area contributed by atoms with Gasteiger partial charge in [0, 0.05) is 35.9 Å². The largest absolute Gasteiger partial charge is 0.488 e. The predicted octanol–water partition coefficient (Wildman–Crippen LogP) is 4.61. The van der Waals surface area contributed by atoms with Crippen molar-refractivity contribution < 1.29 is 4.74 Å². The van der Waals surface area contributed by atoms with Gasteiger partial charge in [0.2, 0.25) is 0 Å². The van der Waals surface area contributed by atoms with Gasteiger partial charge in [0.1, 0.15) is 17.9 Å². The van der Waals surface area contributed by atoms with Crippen molar-refractivity contribution in [2.24, 2.45) is 11.8 Å². The van der Waals surface area contributed by atoms with Crippen LogP contribution in [0.4, 0.5) is 0 Å². The highest BCUT2D eigenvalue weighted by Crippen LogP contribution is 2.40.